The van der Waals surface area contributed by atoms with E-state index in [1.165, 1.54) is 6.92 Å². The number of carbonyl (C=O) groups is 7. The number of para-hydroxylation sites is 1. The Kier molecular flexibility index (Phi) is 17.8. The molecule has 11 N–H and O–H groups in total. The van der Waals surface area contributed by atoms with E-state index in [4.69, 9.17) is 11.5 Å². The number of benzene rings is 3. The van der Waals surface area contributed by atoms with Crippen molar-refractivity contribution in [2.24, 2.45) is 16.5 Å². The molecule has 0 saturated heterocycles. The number of H-pyrrole nitrogens is 1. The first-order valence-electron chi connectivity index (χ1n) is 19.8. The van der Waals surface area contributed by atoms with Gasteiger partial charge < -0.3 is 43.0 Å². The van der Waals surface area contributed by atoms with Crippen LogP contribution in [0.15, 0.2) is 96.1 Å². The summed E-state index contributed by atoms with van der Waals surface area (Å²) in [6.07, 6.45) is 2.81. The van der Waals surface area contributed by atoms with Crippen LogP contribution in [-0.2, 0) is 52.8 Å². The van der Waals surface area contributed by atoms with Gasteiger partial charge in [-0.2, -0.15) is 0 Å². The Labute approximate surface area is 348 Å². The number of aromatic nitrogens is 1. The average molecular weight is 823 g/mol. The van der Waals surface area contributed by atoms with Crippen LogP contribution in [0.25, 0.3) is 10.9 Å². The predicted octanol–water partition coefficient (Wildman–Crippen LogP) is 0.768. The molecule has 0 aliphatic carbocycles. The number of rotatable bonds is 22. The number of nitrogens with one attached hydrogen (secondary N) is 7. The number of nitrogens with zero attached hydrogens (tertiary/aromatic N) is 1. The van der Waals surface area contributed by atoms with Crippen molar-refractivity contribution < 1.29 is 33.6 Å². The standard InChI is InChI=1S/C43H54N10O7/c1-3-13-37(55)53-42(60)36(24-30-25-47-32-19-11-10-18-31(30)32)52-40(58)33(20-12-21-46-43(44)45)51-41(59)35(23-29-16-8-5-9-17-29)50-38(56)26-48-39(57)34(49-27(2)54)22-28-14-6-4-7-15-28/h4-11,14-19,25,33-36,47H,3,12-13,20-24,26H2,1-2H3,(H,48,57)(H,49,54)(H,50,56)(H,51,59)(H,52,58)(H4,44,45,46)(H,53,55,60)/t33-,34-,35+,36-/m0/s1. The van der Waals surface area contributed by atoms with Gasteiger partial charge in [0.2, 0.25) is 41.4 Å². The van der Waals surface area contributed by atoms with Crippen molar-refractivity contribution in [3.63, 3.8) is 0 Å². The van der Waals surface area contributed by atoms with Crippen LogP contribution in [0.2, 0.25) is 0 Å². The van der Waals surface area contributed by atoms with Gasteiger partial charge in [-0.3, -0.25) is 43.9 Å². The van der Waals surface area contributed by atoms with Crippen LogP contribution in [0.5, 0.6) is 0 Å². The number of guanidine groups is 1. The van der Waals surface area contributed by atoms with E-state index in [0.29, 0.717) is 17.5 Å². The number of hydrogen-bond acceptors (Lipinski definition) is 8. The third-order valence-corrected chi connectivity index (χ3v) is 9.38. The monoisotopic (exact) mass is 822 g/mol. The normalized spacial score (nSPS) is 12.8. The van der Waals surface area contributed by atoms with Gasteiger partial charge in [-0.25, -0.2) is 0 Å². The molecule has 1 aromatic heterocycles. The molecule has 1 heterocycles. The summed E-state index contributed by atoms with van der Waals surface area (Å²) in [7, 11) is 0. The molecule has 0 saturated carbocycles. The zero-order valence-corrected chi connectivity index (χ0v) is 33.8. The van der Waals surface area contributed by atoms with E-state index < -0.39 is 72.1 Å². The number of aromatic amines is 1. The van der Waals surface area contributed by atoms with Crippen LogP contribution >= 0.6 is 0 Å². The lowest BCUT2D eigenvalue weighted by atomic mass is 10.0. The van der Waals surface area contributed by atoms with Crippen LogP contribution in [0.3, 0.4) is 0 Å². The third kappa shape index (κ3) is 15.0. The molecule has 0 fully saturated rings. The summed E-state index contributed by atoms with van der Waals surface area (Å²) in [6, 6.07) is 20.7. The Morgan fingerprint density at radius 2 is 1.22 bits per heavy atom. The first-order chi connectivity index (χ1) is 28.8. The highest BCUT2D eigenvalue weighted by atomic mass is 16.2. The maximum absolute atomic E-state index is 14.1. The van der Waals surface area contributed by atoms with Gasteiger partial charge in [-0.15, -0.1) is 0 Å². The summed E-state index contributed by atoms with van der Waals surface area (Å²) in [4.78, 5) is 99.9. The zero-order chi connectivity index (χ0) is 43.4. The first-order valence-corrected chi connectivity index (χ1v) is 19.8. The third-order valence-electron chi connectivity index (χ3n) is 9.38. The van der Waals surface area contributed by atoms with E-state index in [-0.39, 0.29) is 51.0 Å². The van der Waals surface area contributed by atoms with Crippen molar-refractivity contribution in [3.05, 3.63) is 108 Å². The summed E-state index contributed by atoms with van der Waals surface area (Å²) in [5, 5.41) is 16.5. The molecule has 60 heavy (non-hydrogen) atoms. The molecule has 17 heteroatoms. The SMILES string of the molecule is CCCC(=O)NC(=O)[C@H](Cc1c[nH]c2ccccc12)NC(=O)[C@H](CCCN=C(N)N)NC(=O)[C@@H](Cc1ccccc1)NC(=O)CNC(=O)[C@H](Cc1ccccc1)NC(C)=O. The molecule has 3 aromatic carbocycles. The van der Waals surface area contributed by atoms with Crippen LogP contribution in [0, 0.1) is 0 Å². The second kappa shape index (κ2) is 23.4. The van der Waals surface area contributed by atoms with E-state index in [1.54, 1.807) is 55.6 Å². The van der Waals surface area contributed by atoms with Gasteiger partial charge in [0.1, 0.15) is 24.2 Å². The van der Waals surface area contributed by atoms with E-state index >= 15 is 0 Å². The second-order valence-corrected chi connectivity index (χ2v) is 14.3. The van der Waals surface area contributed by atoms with Gasteiger partial charge in [0.25, 0.3) is 0 Å². The quantitative estimate of drug-likeness (QED) is 0.0307. The van der Waals surface area contributed by atoms with E-state index in [9.17, 15) is 33.6 Å². The topological polar surface area (TPSA) is 272 Å². The number of amides is 7. The summed E-state index contributed by atoms with van der Waals surface area (Å²) in [5.41, 5.74) is 14.0. The number of aliphatic imine (C=N–C) groups is 1. The second-order valence-electron chi connectivity index (χ2n) is 14.3. The molecule has 0 aliphatic rings. The lowest BCUT2D eigenvalue weighted by Gasteiger charge is -2.25. The molecule has 318 valence electrons. The predicted molar refractivity (Wildman–Crippen MR) is 227 cm³/mol. The minimum absolute atomic E-state index is 0.0161. The Morgan fingerprint density at radius 3 is 1.83 bits per heavy atom. The molecule has 4 rings (SSSR count). The van der Waals surface area contributed by atoms with Gasteiger partial charge in [-0.1, -0.05) is 85.8 Å². The highest BCUT2D eigenvalue weighted by Gasteiger charge is 2.31. The molecule has 0 unspecified atom stereocenters. The first kappa shape index (κ1) is 45.7. The number of nitrogens with two attached hydrogens (primary N) is 2. The molecule has 0 radical (unpaired) electrons. The average Bonchev–Trinajstić information content (AvgIpc) is 3.63. The molecule has 4 aromatic rings. The molecule has 0 bridgehead atoms. The maximum atomic E-state index is 14.1. The molecule has 17 nitrogen and oxygen atoms in total. The van der Waals surface area contributed by atoms with Crippen LogP contribution in [0.4, 0.5) is 0 Å². The Hall–Kier alpha value is -7.04. The summed E-state index contributed by atoms with van der Waals surface area (Å²) >= 11 is 0. The number of fused-ring (bicyclic) bond motifs is 1. The minimum atomic E-state index is -1.25. The minimum Gasteiger partial charge on any atom is -0.370 e. The largest absolute Gasteiger partial charge is 0.370 e. The van der Waals surface area contributed by atoms with Gasteiger partial charge >= 0.3 is 0 Å². The van der Waals surface area contributed by atoms with Crippen LogP contribution < -0.4 is 43.4 Å². The molecule has 4 atom stereocenters. The Morgan fingerprint density at radius 1 is 0.650 bits per heavy atom. The highest BCUT2D eigenvalue weighted by molar-refractivity contribution is 6.01. The molecule has 0 aliphatic heterocycles. The van der Waals surface area contributed by atoms with Crippen LogP contribution in [0.1, 0.15) is 56.2 Å². The van der Waals surface area contributed by atoms with E-state index in [0.717, 1.165) is 16.5 Å². The van der Waals surface area contributed by atoms with Gasteiger partial charge in [0.05, 0.1) is 6.54 Å². The summed E-state index contributed by atoms with van der Waals surface area (Å²) < 4.78 is 0. The molecular weight excluding hydrogens is 769 g/mol. The fraction of sp³-hybridized carbons (Fsp3) is 0.349. The Bertz CT molecular complexity index is 2120. The summed E-state index contributed by atoms with van der Waals surface area (Å²) in [6.45, 7) is 2.68. The fourth-order valence-electron chi connectivity index (χ4n) is 6.46. The van der Waals surface area contributed by atoms with Crippen molar-refractivity contribution in [2.75, 3.05) is 13.1 Å². The van der Waals surface area contributed by atoms with Crippen molar-refractivity contribution in [2.45, 2.75) is 83.0 Å². The number of imide groups is 1. The Balaban J connectivity index is 1.54. The highest BCUT2D eigenvalue weighted by Crippen LogP contribution is 2.19. The van der Waals surface area contributed by atoms with E-state index in [1.807, 2.05) is 42.5 Å². The molecular formula is C43H54N10O7. The molecule has 0 spiro atoms. The zero-order valence-electron chi connectivity index (χ0n) is 33.8. The summed E-state index contributed by atoms with van der Waals surface area (Å²) in [5.74, 6) is -4.57. The van der Waals surface area contributed by atoms with Gasteiger partial charge in [-0.05, 0) is 42.0 Å². The van der Waals surface area contributed by atoms with Gasteiger partial charge in [0.15, 0.2) is 5.96 Å². The van der Waals surface area contributed by atoms with Crippen molar-refractivity contribution in [1.29, 1.82) is 0 Å². The fourth-order valence-corrected chi connectivity index (χ4v) is 6.46. The molecule has 7 amide bonds. The lowest BCUT2D eigenvalue weighted by molar-refractivity contribution is -0.135. The lowest BCUT2D eigenvalue weighted by Crippen LogP contribution is -2.58. The van der Waals surface area contributed by atoms with Crippen LogP contribution in [-0.4, -0.2) is 89.6 Å². The smallest absolute Gasteiger partial charge is 0.249 e. The van der Waals surface area contributed by atoms with Crippen molar-refractivity contribution in [3.8, 4) is 0 Å². The van der Waals surface area contributed by atoms with Crippen molar-refractivity contribution >= 4 is 58.2 Å². The van der Waals surface area contributed by atoms with Gasteiger partial charge in [0, 0.05) is 56.3 Å². The number of hydrogen-bond donors (Lipinski definition) is 9. The van der Waals surface area contributed by atoms with Crippen molar-refractivity contribution in [1.82, 2.24) is 36.9 Å². The maximum Gasteiger partial charge on any atom is 0.249 e. The van der Waals surface area contributed by atoms with E-state index in [2.05, 4.69) is 41.9 Å². The number of carbonyl (C=O) groups excluding carboxylic acids is 7.